The summed E-state index contributed by atoms with van der Waals surface area (Å²) in [5, 5.41) is 4.78. The van der Waals surface area contributed by atoms with E-state index in [0.29, 0.717) is 6.04 Å². The Morgan fingerprint density at radius 2 is 1.82 bits per heavy atom. The van der Waals surface area contributed by atoms with Gasteiger partial charge in [-0.1, -0.05) is 37.3 Å². The second kappa shape index (κ2) is 8.14. The van der Waals surface area contributed by atoms with Crippen LogP contribution in [0.2, 0.25) is 0 Å². The van der Waals surface area contributed by atoms with Crippen LogP contribution in [0.25, 0.3) is 0 Å². The zero-order chi connectivity index (χ0) is 15.9. The Labute approximate surface area is 135 Å². The summed E-state index contributed by atoms with van der Waals surface area (Å²) in [7, 11) is 0. The van der Waals surface area contributed by atoms with Crippen molar-refractivity contribution in [2.24, 2.45) is 0 Å². The first kappa shape index (κ1) is 16.8. The minimum Gasteiger partial charge on any atom is -0.295 e. The van der Waals surface area contributed by atoms with Gasteiger partial charge in [-0.05, 0) is 51.8 Å². The highest BCUT2D eigenvalue weighted by atomic mass is 15.3. The van der Waals surface area contributed by atoms with Gasteiger partial charge in [0.1, 0.15) is 0 Å². The first-order chi connectivity index (χ1) is 10.6. The van der Waals surface area contributed by atoms with E-state index >= 15 is 0 Å². The smallest absolute Gasteiger partial charge is 0.0631 e. The standard InChI is InChI=1S/C19H29N3/c1-5-21(16(3)4)15-19-14-18(20-22(19)6-2)13-12-17-10-8-7-9-11-17/h7-11,14,16H,5-6,12-13,15H2,1-4H3. The number of hydrogen-bond donors (Lipinski definition) is 0. The Kier molecular flexibility index (Phi) is 6.20. The van der Waals surface area contributed by atoms with Crippen LogP contribution < -0.4 is 0 Å². The Bertz CT molecular complexity index is 557. The van der Waals surface area contributed by atoms with E-state index < -0.39 is 0 Å². The van der Waals surface area contributed by atoms with Gasteiger partial charge in [0.25, 0.3) is 0 Å². The fraction of sp³-hybridized carbons (Fsp3) is 0.526. The molecule has 0 saturated carbocycles. The molecule has 0 fully saturated rings. The maximum Gasteiger partial charge on any atom is 0.0631 e. The Balaban J connectivity index is 2.04. The van der Waals surface area contributed by atoms with E-state index in [4.69, 9.17) is 5.10 Å². The third-order valence-corrected chi connectivity index (χ3v) is 4.23. The van der Waals surface area contributed by atoms with Gasteiger partial charge in [0.05, 0.1) is 11.4 Å². The van der Waals surface area contributed by atoms with Gasteiger partial charge in [0, 0.05) is 19.1 Å². The van der Waals surface area contributed by atoms with Gasteiger partial charge in [-0.3, -0.25) is 9.58 Å². The van der Waals surface area contributed by atoms with Crippen molar-refractivity contribution in [2.45, 2.75) is 59.7 Å². The van der Waals surface area contributed by atoms with Crippen molar-refractivity contribution >= 4 is 0 Å². The number of benzene rings is 1. The summed E-state index contributed by atoms with van der Waals surface area (Å²) >= 11 is 0. The maximum atomic E-state index is 4.78. The topological polar surface area (TPSA) is 21.1 Å². The molecule has 1 heterocycles. The fourth-order valence-electron chi connectivity index (χ4n) is 2.82. The molecule has 0 amide bonds. The predicted octanol–water partition coefficient (Wildman–Crippen LogP) is 3.92. The molecule has 0 atom stereocenters. The minimum atomic E-state index is 0.568. The van der Waals surface area contributed by atoms with Gasteiger partial charge in [-0.15, -0.1) is 0 Å². The largest absolute Gasteiger partial charge is 0.295 e. The molecular weight excluding hydrogens is 270 g/mol. The molecule has 22 heavy (non-hydrogen) atoms. The average molecular weight is 299 g/mol. The molecule has 0 N–H and O–H groups in total. The molecule has 0 unspecified atom stereocenters. The van der Waals surface area contributed by atoms with E-state index in [1.165, 1.54) is 17.0 Å². The lowest BCUT2D eigenvalue weighted by Crippen LogP contribution is -2.30. The van der Waals surface area contributed by atoms with Gasteiger partial charge in [-0.2, -0.15) is 5.10 Å². The third-order valence-electron chi connectivity index (χ3n) is 4.23. The summed E-state index contributed by atoms with van der Waals surface area (Å²) in [6.07, 6.45) is 2.07. The molecule has 0 radical (unpaired) electrons. The van der Waals surface area contributed by atoms with Crippen LogP contribution >= 0.6 is 0 Å². The first-order valence-corrected chi connectivity index (χ1v) is 8.47. The molecule has 0 aliphatic carbocycles. The number of rotatable bonds is 8. The molecule has 0 spiro atoms. The summed E-state index contributed by atoms with van der Waals surface area (Å²) in [5.74, 6) is 0. The van der Waals surface area contributed by atoms with E-state index in [1.54, 1.807) is 0 Å². The minimum absolute atomic E-state index is 0.568. The van der Waals surface area contributed by atoms with Crippen LogP contribution in [0, 0.1) is 0 Å². The molecule has 2 rings (SSSR count). The van der Waals surface area contributed by atoms with Crippen molar-refractivity contribution in [2.75, 3.05) is 6.54 Å². The van der Waals surface area contributed by atoms with E-state index in [2.05, 4.69) is 73.7 Å². The maximum absolute atomic E-state index is 4.78. The highest BCUT2D eigenvalue weighted by Gasteiger charge is 2.13. The van der Waals surface area contributed by atoms with Crippen LogP contribution in [0.4, 0.5) is 0 Å². The lowest BCUT2D eigenvalue weighted by atomic mass is 10.1. The van der Waals surface area contributed by atoms with Gasteiger partial charge >= 0.3 is 0 Å². The van der Waals surface area contributed by atoms with Crippen molar-refractivity contribution in [1.82, 2.24) is 14.7 Å². The summed E-state index contributed by atoms with van der Waals surface area (Å²) in [6.45, 7) is 11.9. The van der Waals surface area contributed by atoms with Crippen molar-refractivity contribution in [1.29, 1.82) is 0 Å². The van der Waals surface area contributed by atoms with E-state index in [-0.39, 0.29) is 0 Å². The molecule has 0 aliphatic rings. The highest BCUT2D eigenvalue weighted by molar-refractivity contribution is 5.18. The molecule has 3 nitrogen and oxygen atoms in total. The Morgan fingerprint density at radius 3 is 2.41 bits per heavy atom. The van der Waals surface area contributed by atoms with Crippen molar-refractivity contribution in [3.8, 4) is 0 Å². The van der Waals surface area contributed by atoms with Crippen LogP contribution in [0.5, 0.6) is 0 Å². The molecule has 0 saturated heterocycles. The van der Waals surface area contributed by atoms with E-state index in [1.807, 2.05) is 0 Å². The van der Waals surface area contributed by atoms with Crippen LogP contribution in [0.1, 0.15) is 44.6 Å². The number of aromatic nitrogens is 2. The number of aryl methyl sites for hydroxylation is 3. The quantitative estimate of drug-likeness (QED) is 0.736. The molecule has 1 aromatic carbocycles. The van der Waals surface area contributed by atoms with Gasteiger partial charge in [-0.25, -0.2) is 0 Å². The zero-order valence-corrected chi connectivity index (χ0v) is 14.4. The normalized spacial score (nSPS) is 11.5. The Morgan fingerprint density at radius 1 is 1.09 bits per heavy atom. The summed E-state index contributed by atoms with van der Waals surface area (Å²) in [5.41, 5.74) is 3.93. The first-order valence-electron chi connectivity index (χ1n) is 8.47. The van der Waals surface area contributed by atoms with Gasteiger partial charge in [0.2, 0.25) is 0 Å². The lowest BCUT2D eigenvalue weighted by molar-refractivity contribution is 0.218. The Hall–Kier alpha value is -1.61. The predicted molar refractivity (Wildman–Crippen MR) is 93.0 cm³/mol. The molecule has 2 aromatic rings. The zero-order valence-electron chi connectivity index (χ0n) is 14.4. The molecule has 120 valence electrons. The second-order valence-electron chi connectivity index (χ2n) is 6.09. The lowest BCUT2D eigenvalue weighted by Gasteiger charge is -2.24. The van der Waals surface area contributed by atoms with E-state index in [9.17, 15) is 0 Å². The molecule has 0 bridgehead atoms. The summed E-state index contributed by atoms with van der Waals surface area (Å²) in [6, 6.07) is 13.5. The van der Waals surface area contributed by atoms with Crippen LogP contribution in [-0.4, -0.2) is 27.3 Å². The number of nitrogens with zero attached hydrogens (tertiary/aromatic N) is 3. The van der Waals surface area contributed by atoms with E-state index in [0.717, 1.165) is 32.5 Å². The van der Waals surface area contributed by atoms with Crippen molar-refractivity contribution < 1.29 is 0 Å². The van der Waals surface area contributed by atoms with Crippen LogP contribution in [0.3, 0.4) is 0 Å². The van der Waals surface area contributed by atoms with Crippen LogP contribution in [-0.2, 0) is 25.9 Å². The summed E-state index contributed by atoms with van der Waals surface area (Å²) < 4.78 is 2.16. The average Bonchev–Trinajstić information content (AvgIpc) is 2.93. The van der Waals surface area contributed by atoms with Crippen molar-refractivity contribution in [3.05, 3.63) is 53.3 Å². The third kappa shape index (κ3) is 4.44. The molecular formula is C19H29N3. The highest BCUT2D eigenvalue weighted by Crippen LogP contribution is 2.13. The summed E-state index contributed by atoms with van der Waals surface area (Å²) in [4.78, 5) is 2.48. The number of hydrogen-bond acceptors (Lipinski definition) is 2. The van der Waals surface area contributed by atoms with Crippen molar-refractivity contribution in [3.63, 3.8) is 0 Å². The molecule has 3 heteroatoms. The monoisotopic (exact) mass is 299 g/mol. The molecule has 0 aliphatic heterocycles. The fourth-order valence-corrected chi connectivity index (χ4v) is 2.82. The van der Waals surface area contributed by atoms with Gasteiger partial charge < -0.3 is 0 Å². The van der Waals surface area contributed by atoms with Crippen LogP contribution in [0.15, 0.2) is 36.4 Å². The molecule has 1 aromatic heterocycles. The van der Waals surface area contributed by atoms with Gasteiger partial charge in [0.15, 0.2) is 0 Å². The second-order valence-corrected chi connectivity index (χ2v) is 6.09. The SMILES string of the molecule is CCN(Cc1cc(CCc2ccccc2)nn1CC)C(C)C.